The smallest absolute Gasteiger partial charge is 0.251 e. The topological polar surface area (TPSA) is 49.3 Å². The summed E-state index contributed by atoms with van der Waals surface area (Å²) < 4.78 is 0. The Labute approximate surface area is 134 Å². The van der Waals surface area contributed by atoms with Gasteiger partial charge in [0.2, 0.25) is 0 Å². The first-order chi connectivity index (χ1) is 10.00. The number of carbonyl (C=O) groups is 1. The molecule has 1 amide bonds. The Morgan fingerprint density at radius 3 is 1.91 bits per heavy atom. The van der Waals surface area contributed by atoms with E-state index in [0.717, 1.165) is 17.7 Å². The van der Waals surface area contributed by atoms with Gasteiger partial charge >= 0.3 is 0 Å². The van der Waals surface area contributed by atoms with E-state index in [1.807, 2.05) is 12.1 Å². The molecule has 1 aliphatic rings. The van der Waals surface area contributed by atoms with Gasteiger partial charge in [-0.05, 0) is 41.7 Å². The molecule has 0 saturated heterocycles. The fraction of sp³-hybridized carbons (Fsp3) is 0.632. The average Bonchev–Trinajstić information content (AvgIpc) is 3.17. The average molecular weight is 303 g/mol. The number of hydrogen-bond donors (Lipinski definition) is 2. The quantitative estimate of drug-likeness (QED) is 0.882. The lowest BCUT2D eigenvalue weighted by molar-refractivity contribution is 0.0951. The predicted molar refractivity (Wildman–Crippen MR) is 90.6 cm³/mol. The number of phenolic OH excluding ortho intramolecular Hbond substituents is 1. The molecule has 0 spiro atoms. The number of phenols is 1. The van der Waals surface area contributed by atoms with E-state index in [9.17, 15) is 9.90 Å². The second-order valence-corrected chi connectivity index (χ2v) is 8.57. The van der Waals surface area contributed by atoms with Crippen molar-refractivity contribution >= 4 is 5.91 Å². The summed E-state index contributed by atoms with van der Waals surface area (Å²) in [4.78, 5) is 12.5. The highest BCUT2D eigenvalue weighted by atomic mass is 16.3. The maximum Gasteiger partial charge on any atom is 0.251 e. The van der Waals surface area contributed by atoms with Crippen LogP contribution < -0.4 is 5.32 Å². The van der Waals surface area contributed by atoms with Crippen molar-refractivity contribution in [2.24, 2.45) is 5.92 Å². The van der Waals surface area contributed by atoms with E-state index in [-0.39, 0.29) is 16.7 Å². The van der Waals surface area contributed by atoms with Crippen LogP contribution in [0.4, 0.5) is 0 Å². The summed E-state index contributed by atoms with van der Waals surface area (Å²) in [7, 11) is 0. The first-order valence-corrected chi connectivity index (χ1v) is 8.16. The maximum atomic E-state index is 12.5. The minimum Gasteiger partial charge on any atom is -0.507 e. The Kier molecular flexibility index (Phi) is 4.29. The molecular weight excluding hydrogens is 274 g/mol. The Balaban J connectivity index is 2.42. The number of rotatable bonds is 3. The third-order valence-electron chi connectivity index (χ3n) is 4.24. The molecule has 0 bridgehead atoms. The van der Waals surface area contributed by atoms with Gasteiger partial charge in [-0.15, -0.1) is 0 Å². The van der Waals surface area contributed by atoms with Crippen LogP contribution in [0.3, 0.4) is 0 Å². The highest BCUT2D eigenvalue weighted by Gasteiger charge is 2.28. The fourth-order valence-corrected chi connectivity index (χ4v) is 2.57. The summed E-state index contributed by atoms with van der Waals surface area (Å²) >= 11 is 0. The molecule has 0 atom stereocenters. The Hall–Kier alpha value is -1.51. The van der Waals surface area contributed by atoms with E-state index < -0.39 is 0 Å². The molecule has 0 unspecified atom stereocenters. The Morgan fingerprint density at radius 2 is 1.55 bits per heavy atom. The SMILES string of the molecule is CC(C)(C)c1cc(C(=O)NCC2CC2)cc(C(C)(C)C)c1O. The number of aromatic hydroxyl groups is 1. The molecule has 3 nitrogen and oxygen atoms in total. The van der Waals surface area contributed by atoms with E-state index in [0.29, 0.717) is 17.2 Å². The number of benzene rings is 1. The standard InChI is InChI=1S/C19H29NO2/c1-18(2,3)14-9-13(17(22)20-11-12-7-8-12)10-15(16(14)21)19(4,5)6/h9-10,12,21H,7-8,11H2,1-6H3,(H,20,22). The van der Waals surface area contributed by atoms with Crippen LogP contribution >= 0.6 is 0 Å². The second kappa shape index (κ2) is 5.60. The summed E-state index contributed by atoms with van der Waals surface area (Å²) in [5.41, 5.74) is 1.88. The molecule has 1 aliphatic carbocycles. The molecule has 1 fully saturated rings. The number of carbonyl (C=O) groups excluding carboxylic acids is 1. The van der Waals surface area contributed by atoms with Crippen LogP contribution in [0.15, 0.2) is 12.1 Å². The molecule has 1 aromatic rings. The van der Waals surface area contributed by atoms with Crippen LogP contribution in [0.25, 0.3) is 0 Å². The first kappa shape index (κ1) is 16.9. The largest absolute Gasteiger partial charge is 0.507 e. The monoisotopic (exact) mass is 303 g/mol. The van der Waals surface area contributed by atoms with Gasteiger partial charge in [-0.2, -0.15) is 0 Å². The van der Waals surface area contributed by atoms with E-state index in [2.05, 4.69) is 46.9 Å². The summed E-state index contributed by atoms with van der Waals surface area (Å²) in [6, 6.07) is 3.68. The molecule has 3 heteroatoms. The Morgan fingerprint density at radius 1 is 1.09 bits per heavy atom. The summed E-state index contributed by atoms with van der Waals surface area (Å²) in [6.07, 6.45) is 2.44. The van der Waals surface area contributed by atoms with Gasteiger partial charge in [0.05, 0.1) is 0 Å². The van der Waals surface area contributed by atoms with Crippen molar-refractivity contribution in [1.29, 1.82) is 0 Å². The maximum absolute atomic E-state index is 12.5. The fourth-order valence-electron chi connectivity index (χ4n) is 2.57. The molecule has 22 heavy (non-hydrogen) atoms. The third kappa shape index (κ3) is 3.82. The van der Waals surface area contributed by atoms with Gasteiger partial charge in [0.15, 0.2) is 0 Å². The lowest BCUT2D eigenvalue weighted by Crippen LogP contribution is -2.27. The highest BCUT2D eigenvalue weighted by molar-refractivity contribution is 5.95. The Bertz CT molecular complexity index is 537. The van der Waals surface area contributed by atoms with Gasteiger partial charge in [-0.3, -0.25) is 4.79 Å². The first-order valence-electron chi connectivity index (χ1n) is 8.16. The summed E-state index contributed by atoms with van der Waals surface area (Å²) in [5, 5.41) is 13.7. The number of nitrogens with one attached hydrogen (secondary N) is 1. The van der Waals surface area contributed by atoms with Gasteiger partial charge in [-0.1, -0.05) is 41.5 Å². The lowest BCUT2D eigenvalue weighted by Gasteiger charge is -2.28. The highest BCUT2D eigenvalue weighted by Crippen LogP contribution is 2.39. The molecular formula is C19H29NO2. The third-order valence-corrected chi connectivity index (χ3v) is 4.24. The molecule has 0 aliphatic heterocycles. The molecule has 0 aromatic heterocycles. The molecule has 1 saturated carbocycles. The van der Waals surface area contributed by atoms with E-state index in [4.69, 9.17) is 0 Å². The van der Waals surface area contributed by atoms with E-state index in [1.165, 1.54) is 12.8 Å². The van der Waals surface area contributed by atoms with Gasteiger partial charge in [0, 0.05) is 23.2 Å². The van der Waals surface area contributed by atoms with Gasteiger partial charge in [0.1, 0.15) is 5.75 Å². The molecule has 0 radical (unpaired) electrons. The van der Waals surface area contributed by atoms with Crippen molar-refractivity contribution in [1.82, 2.24) is 5.32 Å². The van der Waals surface area contributed by atoms with Crippen LogP contribution in [0.5, 0.6) is 5.75 Å². The van der Waals surface area contributed by atoms with E-state index >= 15 is 0 Å². The molecule has 0 heterocycles. The number of hydrogen-bond acceptors (Lipinski definition) is 2. The summed E-state index contributed by atoms with van der Waals surface area (Å²) in [5.74, 6) is 0.937. The van der Waals surface area contributed by atoms with E-state index in [1.54, 1.807) is 0 Å². The normalized spacial score (nSPS) is 15.7. The minimum absolute atomic E-state index is 0.0390. The van der Waals surface area contributed by atoms with Crippen molar-refractivity contribution in [2.75, 3.05) is 6.54 Å². The van der Waals surface area contributed by atoms with Crippen molar-refractivity contribution < 1.29 is 9.90 Å². The zero-order valence-corrected chi connectivity index (χ0v) is 14.7. The van der Waals surface area contributed by atoms with Gasteiger partial charge in [-0.25, -0.2) is 0 Å². The predicted octanol–water partition coefficient (Wildman–Crippen LogP) is 4.13. The van der Waals surface area contributed by atoms with Crippen LogP contribution in [-0.2, 0) is 10.8 Å². The van der Waals surface area contributed by atoms with Crippen LogP contribution in [0.2, 0.25) is 0 Å². The molecule has 1 aromatic carbocycles. The van der Waals surface area contributed by atoms with Gasteiger partial charge in [0.25, 0.3) is 5.91 Å². The zero-order chi connectivity index (χ0) is 16.7. The van der Waals surface area contributed by atoms with Crippen molar-refractivity contribution in [2.45, 2.75) is 65.2 Å². The lowest BCUT2D eigenvalue weighted by atomic mass is 9.78. The summed E-state index contributed by atoms with van der Waals surface area (Å²) in [6.45, 7) is 13.1. The van der Waals surface area contributed by atoms with Crippen LogP contribution in [-0.4, -0.2) is 17.6 Å². The number of amides is 1. The van der Waals surface area contributed by atoms with Crippen molar-refractivity contribution in [3.63, 3.8) is 0 Å². The molecule has 2 rings (SSSR count). The molecule has 122 valence electrons. The van der Waals surface area contributed by atoms with Gasteiger partial charge < -0.3 is 10.4 Å². The molecule has 2 N–H and O–H groups in total. The van der Waals surface area contributed by atoms with Crippen molar-refractivity contribution in [3.8, 4) is 5.75 Å². The van der Waals surface area contributed by atoms with Crippen LogP contribution in [0, 0.1) is 5.92 Å². The van der Waals surface area contributed by atoms with Crippen LogP contribution in [0.1, 0.15) is 75.9 Å². The minimum atomic E-state index is -0.211. The second-order valence-electron chi connectivity index (χ2n) is 8.57. The zero-order valence-electron chi connectivity index (χ0n) is 14.7. The van der Waals surface area contributed by atoms with Crippen molar-refractivity contribution in [3.05, 3.63) is 28.8 Å².